The molecule has 1 aromatic rings. The van der Waals surface area contributed by atoms with Gasteiger partial charge in [0.05, 0.1) is 12.0 Å². The second kappa shape index (κ2) is 6.61. The van der Waals surface area contributed by atoms with Crippen LogP contribution in [0.25, 0.3) is 0 Å². The minimum atomic E-state index is -4.78. The van der Waals surface area contributed by atoms with E-state index in [0.29, 0.717) is 6.07 Å². The van der Waals surface area contributed by atoms with E-state index in [1.165, 1.54) is 7.05 Å². The maximum absolute atomic E-state index is 12.9. The smallest absolute Gasteiger partial charge is 0.258 e. The summed E-state index contributed by atoms with van der Waals surface area (Å²) >= 11 is 0. The number of hydrogen-bond donors (Lipinski definition) is 1. The molecule has 2 nitrogen and oxygen atoms in total. The standard InChI is InChI=1S/C12H13F7N2/c1-20-21(5-4-11(14,15)16)7-8-2-3-9(13)6-10(8)12(17,18)19/h2-3,6,20H,4-5,7H2,1H3. The van der Waals surface area contributed by atoms with Crippen molar-refractivity contribution in [3.63, 3.8) is 0 Å². The Labute approximate surface area is 116 Å². The summed E-state index contributed by atoms with van der Waals surface area (Å²) in [7, 11) is 1.30. The predicted octanol–water partition coefficient (Wildman–Crippen LogP) is 3.73. The highest BCUT2D eigenvalue weighted by Gasteiger charge is 2.34. The third kappa shape index (κ3) is 5.88. The van der Waals surface area contributed by atoms with Crippen LogP contribution in [0.5, 0.6) is 0 Å². The van der Waals surface area contributed by atoms with Gasteiger partial charge in [0.25, 0.3) is 0 Å². The lowest BCUT2D eigenvalue weighted by Gasteiger charge is -2.23. The Bertz CT molecular complexity index is 468. The monoisotopic (exact) mass is 318 g/mol. The van der Waals surface area contributed by atoms with Crippen molar-refractivity contribution in [3.8, 4) is 0 Å². The minimum absolute atomic E-state index is 0.305. The van der Waals surface area contributed by atoms with E-state index in [1.807, 2.05) is 0 Å². The molecule has 1 N–H and O–H groups in total. The van der Waals surface area contributed by atoms with E-state index in [0.717, 1.165) is 17.1 Å². The molecule has 0 saturated heterocycles. The molecule has 0 heterocycles. The Morgan fingerprint density at radius 3 is 2.19 bits per heavy atom. The Balaban J connectivity index is 2.90. The van der Waals surface area contributed by atoms with Crippen LogP contribution in [0.15, 0.2) is 18.2 Å². The lowest BCUT2D eigenvalue weighted by molar-refractivity contribution is -0.142. The molecule has 0 fully saturated rings. The minimum Gasteiger partial charge on any atom is -0.258 e. The molecular weight excluding hydrogens is 305 g/mol. The lowest BCUT2D eigenvalue weighted by Crippen LogP contribution is -2.37. The number of alkyl halides is 6. The van der Waals surface area contributed by atoms with Gasteiger partial charge in [-0.3, -0.25) is 5.43 Å². The highest BCUT2D eigenvalue weighted by Crippen LogP contribution is 2.33. The van der Waals surface area contributed by atoms with Crippen molar-refractivity contribution in [3.05, 3.63) is 35.1 Å². The summed E-state index contributed by atoms with van der Waals surface area (Å²) in [5.74, 6) is -1.06. The van der Waals surface area contributed by atoms with Gasteiger partial charge in [0.15, 0.2) is 0 Å². The number of benzene rings is 1. The predicted molar refractivity (Wildman–Crippen MR) is 61.5 cm³/mol. The molecule has 0 saturated carbocycles. The molecule has 0 atom stereocenters. The zero-order chi connectivity index (χ0) is 16.3. The Morgan fingerprint density at radius 1 is 1.10 bits per heavy atom. The molecule has 0 aromatic heterocycles. The molecule has 0 aliphatic carbocycles. The van der Waals surface area contributed by atoms with Gasteiger partial charge in [-0.1, -0.05) is 6.07 Å². The normalized spacial score (nSPS) is 13.0. The molecule has 0 aliphatic rings. The Kier molecular flexibility index (Phi) is 5.57. The summed E-state index contributed by atoms with van der Waals surface area (Å²) in [5.41, 5.74) is 0.884. The van der Waals surface area contributed by atoms with Crippen LogP contribution in [0.1, 0.15) is 17.5 Å². The number of halogens is 7. The number of rotatable bonds is 5. The van der Waals surface area contributed by atoms with Gasteiger partial charge in [0.1, 0.15) is 5.82 Å². The van der Waals surface area contributed by atoms with E-state index < -0.39 is 43.2 Å². The first-order valence-electron chi connectivity index (χ1n) is 5.87. The van der Waals surface area contributed by atoms with Gasteiger partial charge >= 0.3 is 12.4 Å². The van der Waals surface area contributed by atoms with Crippen molar-refractivity contribution in [1.82, 2.24) is 10.4 Å². The summed E-state index contributed by atoms with van der Waals surface area (Å²) in [6, 6.07) is 2.07. The number of nitrogens with one attached hydrogen (secondary N) is 1. The molecule has 0 radical (unpaired) electrons. The van der Waals surface area contributed by atoms with Crippen molar-refractivity contribution in [2.75, 3.05) is 13.6 Å². The van der Waals surface area contributed by atoms with Crippen LogP contribution < -0.4 is 5.43 Å². The van der Waals surface area contributed by atoms with Crippen molar-refractivity contribution in [1.29, 1.82) is 0 Å². The summed E-state index contributed by atoms with van der Waals surface area (Å²) in [5, 5.41) is 0.982. The summed E-state index contributed by atoms with van der Waals surface area (Å²) < 4.78 is 87.6. The van der Waals surface area contributed by atoms with E-state index in [4.69, 9.17) is 0 Å². The Hall–Kier alpha value is -1.35. The van der Waals surface area contributed by atoms with Crippen LogP contribution in [0, 0.1) is 5.82 Å². The molecule has 120 valence electrons. The van der Waals surface area contributed by atoms with Gasteiger partial charge < -0.3 is 0 Å². The molecule has 9 heteroatoms. The fourth-order valence-electron chi connectivity index (χ4n) is 1.69. The summed E-state index contributed by atoms with van der Waals surface area (Å²) in [6.07, 6.45) is -10.4. The van der Waals surface area contributed by atoms with E-state index in [1.54, 1.807) is 0 Å². The van der Waals surface area contributed by atoms with Gasteiger partial charge in [-0.15, -0.1) is 0 Å². The average Bonchev–Trinajstić information content (AvgIpc) is 2.33. The molecular formula is C12H13F7N2. The summed E-state index contributed by atoms with van der Waals surface area (Å²) in [4.78, 5) is 0. The molecule has 1 aromatic carbocycles. The van der Waals surface area contributed by atoms with E-state index in [2.05, 4.69) is 5.43 Å². The topological polar surface area (TPSA) is 15.3 Å². The highest BCUT2D eigenvalue weighted by atomic mass is 19.4. The van der Waals surface area contributed by atoms with E-state index in [-0.39, 0.29) is 5.56 Å². The van der Waals surface area contributed by atoms with E-state index >= 15 is 0 Å². The van der Waals surface area contributed by atoms with Crippen LogP contribution in [0.3, 0.4) is 0 Å². The number of hydrogen-bond acceptors (Lipinski definition) is 2. The van der Waals surface area contributed by atoms with Crippen LogP contribution in [0.2, 0.25) is 0 Å². The van der Waals surface area contributed by atoms with Crippen molar-refractivity contribution in [2.45, 2.75) is 25.3 Å². The lowest BCUT2D eigenvalue weighted by atomic mass is 10.1. The number of nitrogens with zero attached hydrogens (tertiary/aromatic N) is 1. The maximum Gasteiger partial charge on any atom is 0.416 e. The van der Waals surface area contributed by atoms with Gasteiger partial charge in [-0.2, -0.15) is 26.3 Å². The van der Waals surface area contributed by atoms with Crippen LogP contribution in [-0.4, -0.2) is 24.8 Å². The fourth-order valence-corrected chi connectivity index (χ4v) is 1.69. The quantitative estimate of drug-likeness (QED) is 0.657. The van der Waals surface area contributed by atoms with E-state index in [9.17, 15) is 30.7 Å². The van der Waals surface area contributed by atoms with Crippen molar-refractivity contribution < 1.29 is 30.7 Å². The molecule has 0 bridgehead atoms. The maximum atomic E-state index is 12.9. The second-order valence-electron chi connectivity index (χ2n) is 4.31. The van der Waals surface area contributed by atoms with Gasteiger partial charge in [0.2, 0.25) is 0 Å². The second-order valence-corrected chi connectivity index (χ2v) is 4.31. The average molecular weight is 318 g/mol. The zero-order valence-corrected chi connectivity index (χ0v) is 10.9. The highest BCUT2D eigenvalue weighted by molar-refractivity contribution is 5.30. The first-order valence-corrected chi connectivity index (χ1v) is 5.87. The SMILES string of the molecule is CNN(CCC(F)(F)F)Cc1ccc(F)cc1C(F)(F)F. The third-order valence-electron chi connectivity index (χ3n) is 2.72. The largest absolute Gasteiger partial charge is 0.416 e. The number of hydrazine groups is 1. The fraction of sp³-hybridized carbons (Fsp3) is 0.500. The van der Waals surface area contributed by atoms with Crippen molar-refractivity contribution in [2.24, 2.45) is 0 Å². The third-order valence-corrected chi connectivity index (χ3v) is 2.72. The molecule has 0 aliphatic heterocycles. The van der Waals surface area contributed by atoms with Crippen LogP contribution in [-0.2, 0) is 12.7 Å². The van der Waals surface area contributed by atoms with Crippen molar-refractivity contribution >= 4 is 0 Å². The molecule has 0 unspecified atom stereocenters. The van der Waals surface area contributed by atoms with Gasteiger partial charge in [0, 0.05) is 13.1 Å². The first kappa shape index (κ1) is 17.7. The first-order chi connectivity index (χ1) is 9.53. The molecule has 21 heavy (non-hydrogen) atoms. The molecule has 1 rings (SSSR count). The van der Waals surface area contributed by atoms with Crippen LogP contribution in [0.4, 0.5) is 30.7 Å². The zero-order valence-electron chi connectivity index (χ0n) is 10.9. The molecule has 0 amide bonds. The Morgan fingerprint density at radius 2 is 1.71 bits per heavy atom. The summed E-state index contributed by atoms with van der Waals surface area (Å²) in [6.45, 7) is -0.948. The van der Waals surface area contributed by atoms with Gasteiger partial charge in [-0.05, 0) is 24.7 Å². The van der Waals surface area contributed by atoms with Gasteiger partial charge in [-0.25, -0.2) is 9.40 Å². The van der Waals surface area contributed by atoms with Crippen LogP contribution >= 0.6 is 0 Å². The molecule has 0 spiro atoms.